The van der Waals surface area contributed by atoms with E-state index >= 15 is 0 Å². The number of hydrogen-bond acceptors (Lipinski definition) is 5. The normalized spacial score (nSPS) is 15.6. The average molecular weight is 384 g/mol. The van der Waals surface area contributed by atoms with Crippen molar-refractivity contribution in [1.82, 2.24) is 4.90 Å². The molecular weight excluding hydrogens is 368 g/mol. The number of phenolic OH excluding ortho intramolecular Hbond substituents is 1. The molecule has 0 radical (unpaired) electrons. The van der Waals surface area contributed by atoms with Crippen LogP contribution >= 0.6 is 24.0 Å². The first-order valence-corrected chi connectivity index (χ1v) is 9.06. The van der Waals surface area contributed by atoms with Crippen LogP contribution in [0, 0.1) is 6.92 Å². The standard InChI is InChI=1S/C19H16N2O3S2/c1-12-7-8-15(22)14(9-12)20-17(23)11-21-18(24)16(26-19(21)25)10-13-5-3-2-4-6-13/h2-10,22H,11H2,1H3,(H,20,23)/b16-10-. The van der Waals surface area contributed by atoms with Crippen LogP contribution in [-0.2, 0) is 9.59 Å². The second-order valence-electron chi connectivity index (χ2n) is 5.75. The quantitative estimate of drug-likeness (QED) is 0.479. The van der Waals surface area contributed by atoms with Crippen LogP contribution in [0.2, 0.25) is 0 Å². The summed E-state index contributed by atoms with van der Waals surface area (Å²) in [6, 6.07) is 14.3. The van der Waals surface area contributed by atoms with Crippen LogP contribution in [0.1, 0.15) is 11.1 Å². The molecule has 0 aromatic heterocycles. The van der Waals surface area contributed by atoms with Gasteiger partial charge in [-0.3, -0.25) is 14.5 Å². The molecule has 132 valence electrons. The molecule has 0 atom stereocenters. The fourth-order valence-electron chi connectivity index (χ4n) is 2.42. The smallest absolute Gasteiger partial charge is 0.266 e. The largest absolute Gasteiger partial charge is 0.506 e. The van der Waals surface area contributed by atoms with E-state index in [0.29, 0.717) is 14.9 Å². The minimum Gasteiger partial charge on any atom is -0.506 e. The zero-order valence-corrected chi connectivity index (χ0v) is 15.6. The molecule has 1 saturated heterocycles. The molecule has 3 rings (SSSR count). The number of benzene rings is 2. The van der Waals surface area contributed by atoms with Crippen molar-refractivity contribution in [3.8, 4) is 5.75 Å². The Morgan fingerprint density at radius 1 is 1.27 bits per heavy atom. The van der Waals surface area contributed by atoms with Gasteiger partial charge < -0.3 is 10.4 Å². The molecule has 1 aliphatic rings. The van der Waals surface area contributed by atoms with Gasteiger partial charge in [-0.15, -0.1) is 0 Å². The number of thioether (sulfide) groups is 1. The van der Waals surface area contributed by atoms with Gasteiger partial charge in [0.2, 0.25) is 5.91 Å². The molecule has 1 aliphatic heterocycles. The molecule has 2 amide bonds. The number of phenols is 1. The fourth-order valence-corrected chi connectivity index (χ4v) is 3.68. The third-order valence-electron chi connectivity index (χ3n) is 3.70. The number of carbonyl (C=O) groups excluding carboxylic acids is 2. The van der Waals surface area contributed by atoms with Gasteiger partial charge >= 0.3 is 0 Å². The number of anilines is 1. The molecule has 0 unspecified atom stereocenters. The number of aryl methyl sites for hydroxylation is 1. The van der Waals surface area contributed by atoms with E-state index in [-0.39, 0.29) is 18.2 Å². The molecule has 0 spiro atoms. The van der Waals surface area contributed by atoms with Crippen LogP contribution in [0.15, 0.2) is 53.4 Å². The maximum absolute atomic E-state index is 12.5. The Hall–Kier alpha value is -2.64. The fraction of sp³-hybridized carbons (Fsp3) is 0.105. The van der Waals surface area contributed by atoms with Crippen molar-refractivity contribution in [3.05, 3.63) is 64.6 Å². The van der Waals surface area contributed by atoms with Crippen LogP contribution < -0.4 is 5.32 Å². The first-order chi connectivity index (χ1) is 12.4. The molecule has 1 fully saturated rings. The monoisotopic (exact) mass is 384 g/mol. The van der Waals surface area contributed by atoms with E-state index in [1.807, 2.05) is 37.3 Å². The maximum Gasteiger partial charge on any atom is 0.266 e. The summed E-state index contributed by atoms with van der Waals surface area (Å²) in [6.45, 7) is 1.65. The molecule has 2 aromatic rings. The van der Waals surface area contributed by atoms with Crippen LogP contribution in [0.5, 0.6) is 5.75 Å². The predicted molar refractivity (Wildman–Crippen MR) is 108 cm³/mol. The number of amides is 2. The molecule has 2 N–H and O–H groups in total. The summed E-state index contributed by atoms with van der Waals surface area (Å²) in [5.41, 5.74) is 2.09. The molecule has 5 nitrogen and oxygen atoms in total. The van der Waals surface area contributed by atoms with E-state index in [9.17, 15) is 14.7 Å². The number of hydrogen-bond donors (Lipinski definition) is 2. The van der Waals surface area contributed by atoms with Gasteiger partial charge in [0.05, 0.1) is 10.6 Å². The summed E-state index contributed by atoms with van der Waals surface area (Å²) >= 11 is 6.41. The van der Waals surface area contributed by atoms with Gasteiger partial charge in [-0.2, -0.15) is 0 Å². The van der Waals surface area contributed by atoms with Crippen LogP contribution in [0.3, 0.4) is 0 Å². The summed E-state index contributed by atoms with van der Waals surface area (Å²) in [4.78, 5) is 26.6. The van der Waals surface area contributed by atoms with Gasteiger partial charge in [0, 0.05) is 0 Å². The SMILES string of the molecule is Cc1ccc(O)c(NC(=O)CN2C(=O)/C(=C/c3ccccc3)SC2=S)c1. The second-order valence-corrected chi connectivity index (χ2v) is 7.42. The van der Waals surface area contributed by atoms with E-state index < -0.39 is 5.91 Å². The Labute approximate surface area is 160 Å². The molecule has 0 bridgehead atoms. The van der Waals surface area contributed by atoms with Crippen LogP contribution in [-0.4, -0.2) is 32.7 Å². The molecule has 7 heteroatoms. The van der Waals surface area contributed by atoms with E-state index in [2.05, 4.69) is 5.32 Å². The Morgan fingerprint density at radius 2 is 2.00 bits per heavy atom. The maximum atomic E-state index is 12.5. The van der Waals surface area contributed by atoms with E-state index in [1.165, 1.54) is 22.7 Å². The highest BCUT2D eigenvalue weighted by Crippen LogP contribution is 2.32. The molecule has 0 saturated carbocycles. The third-order valence-corrected chi connectivity index (χ3v) is 5.08. The zero-order valence-electron chi connectivity index (χ0n) is 13.9. The zero-order chi connectivity index (χ0) is 18.7. The minimum atomic E-state index is -0.428. The van der Waals surface area contributed by atoms with Crippen molar-refractivity contribution in [1.29, 1.82) is 0 Å². The third kappa shape index (κ3) is 4.12. The lowest BCUT2D eigenvalue weighted by Crippen LogP contribution is -2.36. The van der Waals surface area contributed by atoms with Gasteiger partial charge in [-0.1, -0.05) is 60.4 Å². The number of thiocarbonyl (C=S) groups is 1. The summed E-state index contributed by atoms with van der Waals surface area (Å²) in [7, 11) is 0. The Kier molecular flexibility index (Phi) is 5.39. The van der Waals surface area contributed by atoms with Gasteiger partial charge in [-0.05, 0) is 36.3 Å². The van der Waals surface area contributed by atoms with Crippen LogP contribution in [0.25, 0.3) is 6.08 Å². The van der Waals surface area contributed by atoms with Crippen molar-refractivity contribution in [2.75, 3.05) is 11.9 Å². The summed E-state index contributed by atoms with van der Waals surface area (Å²) in [5, 5.41) is 12.4. The van der Waals surface area contributed by atoms with Crippen molar-refractivity contribution in [2.45, 2.75) is 6.92 Å². The number of nitrogens with one attached hydrogen (secondary N) is 1. The first-order valence-electron chi connectivity index (χ1n) is 7.84. The van der Waals surface area contributed by atoms with Gasteiger partial charge in [0.25, 0.3) is 5.91 Å². The highest BCUT2D eigenvalue weighted by atomic mass is 32.2. The lowest BCUT2D eigenvalue weighted by molar-refractivity contribution is -0.126. The van der Waals surface area contributed by atoms with Gasteiger partial charge in [0.1, 0.15) is 16.6 Å². The lowest BCUT2D eigenvalue weighted by atomic mass is 10.2. The van der Waals surface area contributed by atoms with Crippen LogP contribution in [0.4, 0.5) is 5.69 Å². The molecule has 1 heterocycles. The van der Waals surface area contributed by atoms with E-state index in [4.69, 9.17) is 12.2 Å². The molecule has 2 aromatic carbocycles. The predicted octanol–water partition coefficient (Wildman–Crippen LogP) is 3.54. The van der Waals surface area contributed by atoms with Gasteiger partial charge in [-0.25, -0.2) is 0 Å². The lowest BCUT2D eigenvalue weighted by Gasteiger charge is -2.15. The summed E-state index contributed by atoms with van der Waals surface area (Å²) < 4.78 is 0.334. The summed E-state index contributed by atoms with van der Waals surface area (Å²) in [6.07, 6.45) is 1.75. The van der Waals surface area contributed by atoms with Gasteiger partial charge in [0.15, 0.2) is 0 Å². The topological polar surface area (TPSA) is 69.6 Å². The van der Waals surface area contributed by atoms with E-state index in [1.54, 1.807) is 18.2 Å². The van der Waals surface area contributed by atoms with Crippen molar-refractivity contribution < 1.29 is 14.7 Å². The number of rotatable bonds is 4. The molecule has 26 heavy (non-hydrogen) atoms. The van der Waals surface area contributed by atoms with E-state index in [0.717, 1.165) is 11.1 Å². The highest BCUT2D eigenvalue weighted by molar-refractivity contribution is 8.26. The van der Waals surface area contributed by atoms with Crippen molar-refractivity contribution in [3.63, 3.8) is 0 Å². The second kappa shape index (κ2) is 7.72. The van der Waals surface area contributed by atoms with Crippen molar-refractivity contribution in [2.24, 2.45) is 0 Å². The Morgan fingerprint density at radius 3 is 2.73 bits per heavy atom. The number of nitrogens with zero attached hydrogens (tertiary/aromatic N) is 1. The van der Waals surface area contributed by atoms with Crippen molar-refractivity contribution >= 4 is 51.9 Å². The number of aromatic hydroxyl groups is 1. The Bertz CT molecular complexity index is 910. The molecular formula is C19H16N2O3S2. The molecule has 0 aliphatic carbocycles. The summed E-state index contributed by atoms with van der Waals surface area (Å²) in [5.74, 6) is -0.756. The average Bonchev–Trinajstić information content (AvgIpc) is 2.86. The minimum absolute atomic E-state index is 0.0293. The number of carbonyl (C=O) groups is 2. The highest BCUT2D eigenvalue weighted by Gasteiger charge is 2.33. The Balaban J connectivity index is 1.70. The first kappa shape index (κ1) is 18.2.